The lowest BCUT2D eigenvalue weighted by atomic mass is 9.71. The SMILES string of the molecule is CCC1C(CC)C2NC1C1NC(C(CC)C1CC)C1[NH2+]C(C(CC)C1CC)C1NC(C(CC)C1CC)C1NC(C(CC)C1CC)C1[NH2+]C2C(CC)C1CC. The van der Waals surface area contributed by atoms with Gasteiger partial charge in [0, 0.05) is 47.8 Å². The van der Waals surface area contributed by atoms with Crippen LogP contribution in [0.25, 0.3) is 0 Å². The predicted molar refractivity (Wildman–Crippen MR) is 227 cm³/mol. The van der Waals surface area contributed by atoms with Crippen LogP contribution in [0, 0.1) is 71.0 Å². The summed E-state index contributed by atoms with van der Waals surface area (Å²) in [7, 11) is 0. The Labute approximate surface area is 334 Å². The van der Waals surface area contributed by atoms with Crippen molar-refractivity contribution in [3.8, 4) is 0 Å². The zero-order chi connectivity index (χ0) is 38.6. The first-order chi connectivity index (χ1) is 26.3. The van der Waals surface area contributed by atoms with Gasteiger partial charge in [-0.3, -0.25) is 0 Å². The molecule has 0 saturated carbocycles. The summed E-state index contributed by atoms with van der Waals surface area (Å²) in [6, 6.07) is 7.57. The van der Waals surface area contributed by atoms with Crippen LogP contribution in [-0.2, 0) is 0 Å². The Balaban J connectivity index is 1.38. The first kappa shape index (κ1) is 41.9. The van der Waals surface area contributed by atoms with Gasteiger partial charge in [0.1, 0.15) is 24.2 Å². The van der Waals surface area contributed by atoms with E-state index in [2.05, 4.69) is 115 Å². The van der Waals surface area contributed by atoms with Gasteiger partial charge < -0.3 is 31.9 Å². The minimum Gasteiger partial charge on any atom is -0.338 e. The van der Waals surface area contributed by atoms with Gasteiger partial charge in [-0.15, -0.1) is 0 Å². The number of fused-ring (bicyclic) bond motifs is 18. The van der Waals surface area contributed by atoms with E-state index in [-0.39, 0.29) is 0 Å². The summed E-state index contributed by atoms with van der Waals surface area (Å²) in [6.07, 6.45) is 15.8. The molecule has 7 fully saturated rings. The van der Waals surface area contributed by atoms with E-state index in [9.17, 15) is 0 Å². The van der Waals surface area contributed by atoms with Crippen LogP contribution in [0.3, 0.4) is 0 Å². The summed E-state index contributed by atoms with van der Waals surface area (Å²) in [5.41, 5.74) is 0. The van der Waals surface area contributed by atoms with E-state index in [0.717, 1.165) is 71.0 Å². The zero-order valence-electron chi connectivity index (χ0n) is 37.5. The third-order valence-corrected chi connectivity index (χ3v) is 19.5. The quantitative estimate of drug-likeness (QED) is 0.132. The summed E-state index contributed by atoms with van der Waals surface area (Å²) >= 11 is 0. The van der Waals surface area contributed by atoms with Gasteiger partial charge in [0.25, 0.3) is 0 Å². The second kappa shape index (κ2) is 17.5. The first-order valence-corrected chi connectivity index (χ1v) is 25.0. The van der Waals surface area contributed by atoms with Crippen LogP contribution in [0.2, 0.25) is 0 Å². The largest absolute Gasteiger partial charge is 0.338 e. The molecule has 0 spiro atoms. The van der Waals surface area contributed by atoms with Gasteiger partial charge in [0.05, 0.1) is 24.2 Å². The number of quaternary nitrogens is 2. The molecule has 7 saturated heterocycles. The molecule has 0 aromatic rings. The molecule has 24 atom stereocenters. The van der Waals surface area contributed by atoms with Gasteiger partial charge in [-0.25, -0.2) is 0 Å². The lowest BCUT2D eigenvalue weighted by Gasteiger charge is -2.32. The molecule has 6 heteroatoms. The minimum atomic E-state index is 0.589. The summed E-state index contributed by atoms with van der Waals surface area (Å²) in [5.74, 6) is 9.31. The van der Waals surface area contributed by atoms with Crippen LogP contribution in [0.4, 0.5) is 0 Å². The highest BCUT2D eigenvalue weighted by atomic mass is 15.2. The zero-order valence-corrected chi connectivity index (χ0v) is 37.5. The number of rotatable bonds is 12. The molecular formula is C48H92N6+2. The smallest absolute Gasteiger partial charge is 0.105 e. The number of hydrogen-bond donors (Lipinski definition) is 6. The van der Waals surface area contributed by atoms with E-state index in [4.69, 9.17) is 0 Å². The van der Waals surface area contributed by atoms with E-state index in [1.54, 1.807) is 0 Å². The molecule has 0 radical (unpaired) electrons. The molecule has 0 aromatic heterocycles. The van der Waals surface area contributed by atoms with Crippen LogP contribution < -0.4 is 31.9 Å². The fourth-order valence-electron chi connectivity index (χ4n) is 17.6. The highest BCUT2D eigenvalue weighted by molar-refractivity contribution is 5.17. The first-order valence-electron chi connectivity index (χ1n) is 25.0. The van der Waals surface area contributed by atoms with Crippen LogP contribution in [-0.4, -0.2) is 72.5 Å². The predicted octanol–water partition coefficient (Wildman–Crippen LogP) is 6.30. The van der Waals surface area contributed by atoms with E-state index >= 15 is 0 Å². The van der Waals surface area contributed by atoms with Gasteiger partial charge >= 0.3 is 0 Å². The topological polar surface area (TPSA) is 81.3 Å². The maximum atomic E-state index is 4.66. The van der Waals surface area contributed by atoms with Gasteiger partial charge in [0.15, 0.2) is 0 Å². The standard InChI is InChI=1S/C48H90N6/c1-13-25-26(14-2)38-40-29(17-5)30(18-6)43(51-40)44-33(21-9)34(22-10)47(53-44)48-36(24-12)35(23-11)46(54-48)45-32(20-8)31(19-7)42(52-45)41-28(16-4)27(15-3)39(50-41)37(25)49-38/h25-54H,13-24H2,1-12H3/p+2. The Morgan fingerprint density at radius 3 is 0.519 bits per heavy atom. The molecule has 8 N–H and O–H groups in total. The van der Waals surface area contributed by atoms with Crippen LogP contribution in [0.1, 0.15) is 160 Å². The molecule has 7 aliphatic rings. The Hall–Kier alpha value is -0.240. The molecule has 312 valence electrons. The summed E-state index contributed by atoms with van der Waals surface area (Å²) in [5, 5.41) is 24.7. The lowest BCUT2D eigenvalue weighted by Crippen LogP contribution is -2.98. The van der Waals surface area contributed by atoms with Crippen molar-refractivity contribution in [3.63, 3.8) is 0 Å². The van der Waals surface area contributed by atoms with Gasteiger partial charge in [-0.05, 0) is 73.0 Å². The van der Waals surface area contributed by atoms with Crippen molar-refractivity contribution in [2.45, 2.75) is 233 Å². The molecule has 0 aliphatic carbocycles. The average Bonchev–Trinajstić information content (AvgIpc) is 4.03. The van der Waals surface area contributed by atoms with Crippen molar-refractivity contribution in [1.82, 2.24) is 21.3 Å². The van der Waals surface area contributed by atoms with Gasteiger partial charge in [-0.1, -0.05) is 134 Å². The Morgan fingerprint density at radius 2 is 0.370 bits per heavy atom. The monoisotopic (exact) mass is 753 g/mol. The van der Waals surface area contributed by atoms with Crippen molar-refractivity contribution in [2.24, 2.45) is 71.0 Å². The molecule has 24 unspecified atom stereocenters. The number of nitrogens with one attached hydrogen (secondary N) is 4. The van der Waals surface area contributed by atoms with Crippen LogP contribution in [0.5, 0.6) is 0 Å². The van der Waals surface area contributed by atoms with E-state index in [0.29, 0.717) is 72.5 Å². The summed E-state index contributed by atoms with van der Waals surface area (Å²) in [6.45, 7) is 30.6. The second-order valence-electron chi connectivity index (χ2n) is 20.4. The summed E-state index contributed by atoms with van der Waals surface area (Å²) in [4.78, 5) is 0. The maximum absolute atomic E-state index is 4.66. The second-order valence-corrected chi connectivity index (χ2v) is 20.4. The third-order valence-electron chi connectivity index (χ3n) is 19.5. The Bertz CT molecular complexity index is 879. The fraction of sp³-hybridized carbons (Fsp3) is 1.00. The molecule has 54 heavy (non-hydrogen) atoms. The maximum Gasteiger partial charge on any atom is 0.105 e. The number of hydrogen-bond acceptors (Lipinski definition) is 4. The molecule has 0 aromatic carbocycles. The fourth-order valence-corrected chi connectivity index (χ4v) is 17.6. The summed E-state index contributed by atoms with van der Waals surface area (Å²) < 4.78 is 0. The molecule has 6 nitrogen and oxygen atoms in total. The van der Waals surface area contributed by atoms with Crippen molar-refractivity contribution in [2.75, 3.05) is 0 Å². The van der Waals surface area contributed by atoms with Gasteiger partial charge in [-0.2, -0.15) is 0 Å². The minimum absolute atomic E-state index is 0.589. The van der Waals surface area contributed by atoms with Crippen molar-refractivity contribution >= 4 is 0 Å². The lowest BCUT2D eigenvalue weighted by molar-refractivity contribution is -0.713. The molecule has 7 aliphatic heterocycles. The van der Waals surface area contributed by atoms with Crippen molar-refractivity contribution < 1.29 is 10.6 Å². The van der Waals surface area contributed by atoms with Crippen molar-refractivity contribution in [3.05, 3.63) is 0 Å². The highest BCUT2D eigenvalue weighted by Gasteiger charge is 2.64. The average molecular weight is 753 g/mol. The van der Waals surface area contributed by atoms with Crippen LogP contribution in [0.15, 0.2) is 0 Å². The number of nitrogens with two attached hydrogens (primary N) is 2. The highest BCUT2D eigenvalue weighted by Crippen LogP contribution is 2.50. The molecule has 0 amide bonds. The molecule has 7 rings (SSSR count). The Kier molecular flexibility index (Phi) is 13.6. The molecular weight excluding hydrogens is 661 g/mol. The molecule has 7 heterocycles. The van der Waals surface area contributed by atoms with Gasteiger partial charge in [0.2, 0.25) is 0 Å². The molecule has 12 bridgehead atoms. The van der Waals surface area contributed by atoms with Crippen LogP contribution >= 0.6 is 0 Å². The van der Waals surface area contributed by atoms with E-state index < -0.39 is 0 Å². The normalized spacial score (nSPS) is 54.0. The van der Waals surface area contributed by atoms with Crippen molar-refractivity contribution in [1.29, 1.82) is 0 Å². The Morgan fingerprint density at radius 1 is 0.222 bits per heavy atom. The third kappa shape index (κ3) is 6.45. The van der Waals surface area contributed by atoms with E-state index in [1.807, 2.05) is 0 Å². The van der Waals surface area contributed by atoms with E-state index in [1.165, 1.54) is 77.0 Å².